The van der Waals surface area contributed by atoms with Gasteiger partial charge < -0.3 is 19.5 Å². The summed E-state index contributed by atoms with van der Waals surface area (Å²) in [6.07, 6.45) is 1.20. The Labute approximate surface area is 160 Å². The second-order valence-corrected chi connectivity index (χ2v) is 7.07. The van der Waals surface area contributed by atoms with Gasteiger partial charge in [0.1, 0.15) is 5.75 Å². The predicted octanol–water partition coefficient (Wildman–Crippen LogP) is 3.91. The molecule has 0 radical (unpaired) electrons. The molecule has 5 heteroatoms. The summed E-state index contributed by atoms with van der Waals surface area (Å²) in [6, 6.07) is 13.4. The fourth-order valence-electron chi connectivity index (χ4n) is 3.16. The molecule has 1 amide bonds. The highest BCUT2D eigenvalue weighted by Crippen LogP contribution is 2.34. The van der Waals surface area contributed by atoms with Crippen LogP contribution in [0.4, 0.5) is 0 Å². The zero-order chi connectivity index (χ0) is 19.2. The number of hydrogen-bond donors (Lipinski definition) is 1. The van der Waals surface area contributed by atoms with Gasteiger partial charge in [-0.1, -0.05) is 32.0 Å². The van der Waals surface area contributed by atoms with Crippen LogP contribution in [0.1, 0.15) is 37.4 Å². The van der Waals surface area contributed by atoms with Crippen LogP contribution in [0.15, 0.2) is 42.5 Å². The van der Waals surface area contributed by atoms with Crippen LogP contribution in [0.25, 0.3) is 0 Å². The molecule has 1 atom stereocenters. The van der Waals surface area contributed by atoms with Crippen LogP contribution in [-0.2, 0) is 11.2 Å². The van der Waals surface area contributed by atoms with Gasteiger partial charge in [0.05, 0.1) is 32.8 Å². The van der Waals surface area contributed by atoms with E-state index < -0.39 is 0 Å². The number of amides is 1. The van der Waals surface area contributed by atoms with Crippen molar-refractivity contribution in [2.24, 2.45) is 5.92 Å². The van der Waals surface area contributed by atoms with Gasteiger partial charge >= 0.3 is 0 Å². The fourth-order valence-corrected chi connectivity index (χ4v) is 3.16. The van der Waals surface area contributed by atoms with E-state index in [1.165, 1.54) is 0 Å². The SMILES string of the molecule is COc1ccc(CC(=O)NC(c2ccc3c(c2)OCCCO3)C(C)C)cc1. The first kappa shape index (κ1) is 19.1. The zero-order valence-corrected chi connectivity index (χ0v) is 16.2. The van der Waals surface area contributed by atoms with Crippen molar-refractivity contribution in [1.82, 2.24) is 5.32 Å². The molecular formula is C22H27NO4. The number of methoxy groups -OCH3 is 1. The van der Waals surface area contributed by atoms with E-state index in [1.807, 2.05) is 42.5 Å². The monoisotopic (exact) mass is 369 g/mol. The molecule has 0 saturated carbocycles. The summed E-state index contributed by atoms with van der Waals surface area (Å²) in [5, 5.41) is 3.17. The maximum absolute atomic E-state index is 12.6. The maximum Gasteiger partial charge on any atom is 0.224 e. The lowest BCUT2D eigenvalue weighted by molar-refractivity contribution is -0.121. The third kappa shape index (κ3) is 4.94. The van der Waals surface area contributed by atoms with E-state index in [0.717, 1.165) is 34.8 Å². The second kappa shape index (κ2) is 8.80. The van der Waals surface area contributed by atoms with Crippen molar-refractivity contribution in [3.63, 3.8) is 0 Å². The molecule has 1 unspecified atom stereocenters. The highest BCUT2D eigenvalue weighted by Gasteiger charge is 2.21. The summed E-state index contributed by atoms with van der Waals surface area (Å²) in [4.78, 5) is 12.6. The summed E-state index contributed by atoms with van der Waals surface area (Å²) in [5.74, 6) is 2.54. The van der Waals surface area contributed by atoms with Gasteiger partial charge in [-0.05, 0) is 41.3 Å². The Bertz CT molecular complexity index is 770. The van der Waals surface area contributed by atoms with Crippen molar-refractivity contribution >= 4 is 5.91 Å². The summed E-state index contributed by atoms with van der Waals surface area (Å²) < 4.78 is 16.7. The van der Waals surface area contributed by atoms with Gasteiger partial charge in [-0.2, -0.15) is 0 Å². The van der Waals surface area contributed by atoms with Crippen molar-refractivity contribution in [3.05, 3.63) is 53.6 Å². The molecule has 3 rings (SSSR count). The number of rotatable bonds is 6. The first-order chi connectivity index (χ1) is 13.1. The lowest BCUT2D eigenvalue weighted by Gasteiger charge is -2.24. The van der Waals surface area contributed by atoms with Gasteiger partial charge in [0, 0.05) is 6.42 Å². The molecule has 0 spiro atoms. The molecule has 0 fully saturated rings. The first-order valence-corrected chi connectivity index (χ1v) is 9.38. The molecule has 0 aromatic heterocycles. The molecule has 2 aromatic rings. The molecule has 1 aliphatic rings. The van der Waals surface area contributed by atoms with E-state index in [4.69, 9.17) is 14.2 Å². The topological polar surface area (TPSA) is 56.8 Å². The smallest absolute Gasteiger partial charge is 0.224 e. The molecule has 27 heavy (non-hydrogen) atoms. The Morgan fingerprint density at radius 2 is 1.78 bits per heavy atom. The van der Waals surface area contributed by atoms with Crippen LogP contribution in [0.3, 0.4) is 0 Å². The molecule has 1 heterocycles. The minimum absolute atomic E-state index is 0.00835. The quantitative estimate of drug-likeness (QED) is 0.839. The van der Waals surface area contributed by atoms with Crippen molar-refractivity contribution in [2.75, 3.05) is 20.3 Å². The van der Waals surface area contributed by atoms with Crippen molar-refractivity contribution < 1.29 is 19.0 Å². The van der Waals surface area contributed by atoms with Crippen LogP contribution < -0.4 is 19.5 Å². The Morgan fingerprint density at radius 1 is 1.07 bits per heavy atom. The van der Waals surface area contributed by atoms with E-state index in [-0.39, 0.29) is 17.9 Å². The number of fused-ring (bicyclic) bond motifs is 1. The molecule has 1 aliphatic heterocycles. The number of benzene rings is 2. The Morgan fingerprint density at radius 3 is 2.44 bits per heavy atom. The summed E-state index contributed by atoms with van der Waals surface area (Å²) >= 11 is 0. The molecule has 1 N–H and O–H groups in total. The van der Waals surface area contributed by atoms with Crippen LogP contribution in [-0.4, -0.2) is 26.2 Å². The fraction of sp³-hybridized carbons (Fsp3) is 0.409. The average molecular weight is 369 g/mol. The Kier molecular flexibility index (Phi) is 6.22. The summed E-state index contributed by atoms with van der Waals surface area (Å²) in [5.41, 5.74) is 1.98. The Hall–Kier alpha value is -2.69. The van der Waals surface area contributed by atoms with E-state index in [1.54, 1.807) is 7.11 Å². The van der Waals surface area contributed by atoms with Crippen LogP contribution >= 0.6 is 0 Å². The number of nitrogens with one attached hydrogen (secondary N) is 1. The van der Waals surface area contributed by atoms with Gasteiger partial charge in [-0.25, -0.2) is 0 Å². The maximum atomic E-state index is 12.6. The van der Waals surface area contributed by atoms with Gasteiger partial charge in [0.15, 0.2) is 11.5 Å². The van der Waals surface area contributed by atoms with Gasteiger partial charge in [-0.15, -0.1) is 0 Å². The molecule has 0 bridgehead atoms. The van der Waals surface area contributed by atoms with E-state index in [9.17, 15) is 4.79 Å². The normalized spacial score (nSPS) is 14.4. The lowest BCUT2D eigenvalue weighted by Crippen LogP contribution is -2.32. The highest BCUT2D eigenvalue weighted by atomic mass is 16.5. The highest BCUT2D eigenvalue weighted by molar-refractivity contribution is 5.79. The zero-order valence-electron chi connectivity index (χ0n) is 16.2. The van der Waals surface area contributed by atoms with Gasteiger partial charge in [0.25, 0.3) is 0 Å². The standard InChI is InChI=1S/C22H27NO4/c1-15(2)22(17-7-10-19-20(14-17)27-12-4-11-26-19)23-21(24)13-16-5-8-18(25-3)9-6-16/h5-10,14-15,22H,4,11-13H2,1-3H3,(H,23,24). The van der Waals surface area contributed by atoms with E-state index >= 15 is 0 Å². The predicted molar refractivity (Wildman–Crippen MR) is 104 cm³/mol. The Balaban J connectivity index is 1.71. The minimum atomic E-state index is -0.0899. The van der Waals surface area contributed by atoms with Crippen LogP contribution in [0.5, 0.6) is 17.2 Å². The molecule has 2 aromatic carbocycles. The third-order valence-electron chi connectivity index (χ3n) is 4.64. The third-order valence-corrected chi connectivity index (χ3v) is 4.64. The minimum Gasteiger partial charge on any atom is -0.497 e. The number of carbonyl (C=O) groups excluding carboxylic acids is 1. The van der Waals surface area contributed by atoms with Crippen LogP contribution in [0, 0.1) is 5.92 Å². The van der Waals surface area contributed by atoms with Crippen molar-refractivity contribution in [2.45, 2.75) is 32.7 Å². The van der Waals surface area contributed by atoms with Gasteiger partial charge in [-0.3, -0.25) is 4.79 Å². The number of ether oxygens (including phenoxy) is 3. The molecular weight excluding hydrogens is 342 g/mol. The number of hydrogen-bond acceptors (Lipinski definition) is 4. The summed E-state index contributed by atoms with van der Waals surface area (Å²) in [6.45, 7) is 5.51. The van der Waals surface area contributed by atoms with E-state index in [2.05, 4.69) is 19.2 Å². The van der Waals surface area contributed by atoms with E-state index in [0.29, 0.717) is 19.6 Å². The number of carbonyl (C=O) groups is 1. The molecule has 0 saturated heterocycles. The average Bonchev–Trinajstić information content (AvgIpc) is 2.91. The summed E-state index contributed by atoms with van der Waals surface area (Å²) in [7, 11) is 1.63. The van der Waals surface area contributed by atoms with Gasteiger partial charge in [0.2, 0.25) is 5.91 Å². The van der Waals surface area contributed by atoms with Crippen molar-refractivity contribution in [3.8, 4) is 17.2 Å². The molecule has 5 nitrogen and oxygen atoms in total. The largest absolute Gasteiger partial charge is 0.497 e. The first-order valence-electron chi connectivity index (χ1n) is 9.38. The molecule has 0 aliphatic carbocycles. The second-order valence-electron chi connectivity index (χ2n) is 7.07. The molecule has 144 valence electrons. The van der Waals surface area contributed by atoms with Crippen LogP contribution in [0.2, 0.25) is 0 Å². The lowest BCUT2D eigenvalue weighted by atomic mass is 9.95. The van der Waals surface area contributed by atoms with Crippen molar-refractivity contribution in [1.29, 1.82) is 0 Å².